The van der Waals surface area contributed by atoms with Crippen LogP contribution in [0.25, 0.3) is 0 Å². The molecule has 2 aliphatic heterocycles. The van der Waals surface area contributed by atoms with Crippen molar-refractivity contribution < 1.29 is 0 Å². The van der Waals surface area contributed by atoms with E-state index in [0.717, 1.165) is 49.9 Å². The molecule has 2 unspecified atom stereocenters. The number of aryl methyl sites for hydroxylation is 1. The van der Waals surface area contributed by atoms with E-state index in [1.807, 2.05) is 13.2 Å². The largest absolute Gasteiger partial charge is 0.356 e. The first kappa shape index (κ1) is 16.4. The summed E-state index contributed by atoms with van der Waals surface area (Å²) in [5.41, 5.74) is 2.23. The topological polar surface area (TPSA) is 63.0 Å². The Morgan fingerprint density at radius 1 is 1.08 bits per heavy atom. The van der Waals surface area contributed by atoms with E-state index in [9.17, 15) is 0 Å². The Bertz CT molecular complexity index is 734. The lowest BCUT2D eigenvalue weighted by Crippen LogP contribution is -2.29. The molecule has 0 radical (unpaired) electrons. The third-order valence-electron chi connectivity index (χ3n) is 5.34. The molecule has 7 nitrogen and oxygen atoms in total. The van der Waals surface area contributed by atoms with Gasteiger partial charge in [-0.2, -0.15) is 15.0 Å². The van der Waals surface area contributed by atoms with Gasteiger partial charge in [-0.15, -0.1) is 0 Å². The number of aromatic nitrogens is 5. The fourth-order valence-corrected chi connectivity index (χ4v) is 4.03. The molecule has 0 aliphatic carbocycles. The SMILES string of the molecule is Cn1ncc(CN2CC3CN(c4cc(C(C)(C)C)ncn4)CC3C2)n1. The zero-order chi connectivity index (χ0) is 17.6. The molecule has 2 aromatic heterocycles. The van der Waals surface area contributed by atoms with Crippen LogP contribution in [-0.4, -0.2) is 56.0 Å². The second-order valence-electron chi connectivity index (χ2n) is 8.46. The zero-order valence-corrected chi connectivity index (χ0v) is 15.6. The molecule has 0 N–H and O–H groups in total. The summed E-state index contributed by atoms with van der Waals surface area (Å²) in [6.45, 7) is 11.9. The van der Waals surface area contributed by atoms with Crippen LogP contribution in [0.2, 0.25) is 0 Å². The van der Waals surface area contributed by atoms with E-state index in [2.05, 4.69) is 56.8 Å². The van der Waals surface area contributed by atoms with E-state index in [-0.39, 0.29) is 5.41 Å². The lowest BCUT2D eigenvalue weighted by atomic mass is 9.92. The minimum absolute atomic E-state index is 0.0564. The average Bonchev–Trinajstić information content (AvgIpc) is 3.22. The molecule has 0 spiro atoms. The van der Waals surface area contributed by atoms with Gasteiger partial charge in [0.05, 0.1) is 17.6 Å². The van der Waals surface area contributed by atoms with E-state index < -0.39 is 0 Å². The molecule has 0 saturated carbocycles. The number of rotatable bonds is 3. The quantitative estimate of drug-likeness (QED) is 0.842. The third kappa shape index (κ3) is 3.38. The fraction of sp³-hybridized carbons (Fsp3) is 0.667. The highest BCUT2D eigenvalue weighted by Crippen LogP contribution is 2.34. The zero-order valence-electron chi connectivity index (χ0n) is 15.6. The number of anilines is 1. The molecule has 25 heavy (non-hydrogen) atoms. The predicted octanol–water partition coefficient (Wildman–Crippen LogP) is 1.47. The molecule has 7 heteroatoms. The summed E-state index contributed by atoms with van der Waals surface area (Å²) in [4.78, 5) is 15.6. The lowest BCUT2D eigenvalue weighted by Gasteiger charge is -2.24. The fourth-order valence-electron chi connectivity index (χ4n) is 4.03. The summed E-state index contributed by atoms with van der Waals surface area (Å²) >= 11 is 0. The second kappa shape index (κ2) is 6.05. The van der Waals surface area contributed by atoms with E-state index in [0.29, 0.717) is 11.8 Å². The maximum absolute atomic E-state index is 4.53. The Labute approximate surface area is 149 Å². The van der Waals surface area contributed by atoms with Gasteiger partial charge in [0.25, 0.3) is 0 Å². The van der Waals surface area contributed by atoms with E-state index >= 15 is 0 Å². The highest BCUT2D eigenvalue weighted by atomic mass is 15.5. The van der Waals surface area contributed by atoms with Crippen molar-refractivity contribution in [1.82, 2.24) is 29.9 Å². The van der Waals surface area contributed by atoms with Crippen molar-refractivity contribution in [2.75, 3.05) is 31.1 Å². The summed E-state index contributed by atoms with van der Waals surface area (Å²) in [7, 11) is 1.87. The monoisotopic (exact) mass is 341 g/mol. The van der Waals surface area contributed by atoms with Crippen molar-refractivity contribution >= 4 is 5.82 Å². The van der Waals surface area contributed by atoms with Crippen molar-refractivity contribution in [2.45, 2.75) is 32.7 Å². The van der Waals surface area contributed by atoms with Crippen molar-refractivity contribution in [2.24, 2.45) is 18.9 Å². The first-order chi connectivity index (χ1) is 11.9. The second-order valence-corrected chi connectivity index (χ2v) is 8.46. The summed E-state index contributed by atoms with van der Waals surface area (Å²) < 4.78 is 0. The molecule has 2 aliphatic rings. The number of hydrogen-bond acceptors (Lipinski definition) is 6. The van der Waals surface area contributed by atoms with Crippen molar-refractivity contribution in [3.8, 4) is 0 Å². The highest BCUT2D eigenvalue weighted by Gasteiger charge is 2.40. The summed E-state index contributed by atoms with van der Waals surface area (Å²) in [6, 6.07) is 2.17. The summed E-state index contributed by atoms with van der Waals surface area (Å²) in [5, 5.41) is 8.57. The highest BCUT2D eigenvalue weighted by molar-refractivity contribution is 5.42. The van der Waals surface area contributed by atoms with Crippen LogP contribution in [0.1, 0.15) is 32.2 Å². The van der Waals surface area contributed by atoms with Crippen LogP contribution in [0.5, 0.6) is 0 Å². The van der Waals surface area contributed by atoms with Crippen molar-refractivity contribution in [3.05, 3.63) is 30.0 Å². The molecule has 2 aromatic rings. The predicted molar refractivity (Wildman–Crippen MR) is 96.2 cm³/mol. The number of fused-ring (bicyclic) bond motifs is 1. The molecular weight excluding hydrogens is 314 g/mol. The Hall–Kier alpha value is -2.02. The van der Waals surface area contributed by atoms with Gasteiger partial charge in [0.15, 0.2) is 0 Å². The molecule has 0 aromatic carbocycles. The lowest BCUT2D eigenvalue weighted by molar-refractivity contribution is 0.304. The molecular formula is C18H27N7. The van der Waals surface area contributed by atoms with Gasteiger partial charge < -0.3 is 4.90 Å². The third-order valence-corrected chi connectivity index (χ3v) is 5.34. The van der Waals surface area contributed by atoms with E-state index in [1.165, 1.54) is 0 Å². The van der Waals surface area contributed by atoms with Gasteiger partial charge in [0.1, 0.15) is 12.1 Å². The van der Waals surface area contributed by atoms with Gasteiger partial charge in [0.2, 0.25) is 0 Å². The molecule has 2 atom stereocenters. The van der Waals surface area contributed by atoms with Crippen LogP contribution in [-0.2, 0) is 19.0 Å². The molecule has 0 bridgehead atoms. The van der Waals surface area contributed by atoms with Crippen LogP contribution in [0.4, 0.5) is 5.82 Å². The normalized spacial score (nSPS) is 24.1. The minimum Gasteiger partial charge on any atom is -0.356 e. The molecule has 4 rings (SSSR count). The Morgan fingerprint density at radius 3 is 2.40 bits per heavy atom. The van der Waals surface area contributed by atoms with Crippen LogP contribution in [0.15, 0.2) is 18.6 Å². The molecule has 4 heterocycles. The van der Waals surface area contributed by atoms with Gasteiger partial charge in [-0.1, -0.05) is 20.8 Å². The van der Waals surface area contributed by atoms with Gasteiger partial charge >= 0.3 is 0 Å². The molecule has 134 valence electrons. The van der Waals surface area contributed by atoms with Crippen molar-refractivity contribution in [1.29, 1.82) is 0 Å². The van der Waals surface area contributed by atoms with Gasteiger partial charge in [0, 0.05) is 51.3 Å². The number of likely N-dealkylation sites (tertiary alicyclic amines) is 1. The van der Waals surface area contributed by atoms with Gasteiger partial charge in [-0.05, 0) is 11.8 Å². The Kier molecular flexibility index (Phi) is 3.98. The summed E-state index contributed by atoms with van der Waals surface area (Å²) in [6.07, 6.45) is 3.58. The first-order valence-electron chi connectivity index (χ1n) is 9.03. The minimum atomic E-state index is 0.0564. The average molecular weight is 341 g/mol. The van der Waals surface area contributed by atoms with E-state index in [4.69, 9.17) is 0 Å². The number of hydrogen-bond donors (Lipinski definition) is 0. The van der Waals surface area contributed by atoms with Crippen LogP contribution in [0, 0.1) is 11.8 Å². The molecule has 2 saturated heterocycles. The smallest absolute Gasteiger partial charge is 0.132 e. The maximum atomic E-state index is 4.53. The van der Waals surface area contributed by atoms with Gasteiger partial charge in [-0.3, -0.25) is 4.90 Å². The maximum Gasteiger partial charge on any atom is 0.132 e. The Morgan fingerprint density at radius 2 is 1.80 bits per heavy atom. The Balaban J connectivity index is 1.39. The van der Waals surface area contributed by atoms with Crippen LogP contribution < -0.4 is 4.90 Å². The van der Waals surface area contributed by atoms with Gasteiger partial charge in [-0.25, -0.2) is 9.97 Å². The van der Waals surface area contributed by atoms with Crippen LogP contribution in [0.3, 0.4) is 0 Å². The van der Waals surface area contributed by atoms with Crippen LogP contribution >= 0.6 is 0 Å². The standard InChI is InChI=1S/C18H27N7/c1-18(2,3)16-5-17(20-12-19-16)25-9-13-7-24(8-14(13)10-25)11-15-6-21-23(4)22-15/h5-6,12-14H,7-11H2,1-4H3. The number of nitrogens with zero attached hydrogens (tertiary/aromatic N) is 7. The van der Waals surface area contributed by atoms with E-state index in [1.54, 1.807) is 11.1 Å². The molecule has 0 amide bonds. The summed E-state index contributed by atoms with van der Waals surface area (Å²) in [5.74, 6) is 2.50. The first-order valence-corrected chi connectivity index (χ1v) is 9.03. The molecule has 2 fully saturated rings. The van der Waals surface area contributed by atoms with Crippen molar-refractivity contribution in [3.63, 3.8) is 0 Å².